The van der Waals surface area contributed by atoms with E-state index in [9.17, 15) is 9.18 Å². The highest BCUT2D eigenvalue weighted by atomic mass is 79.9. The third kappa shape index (κ3) is 4.62. The molecule has 0 atom stereocenters. The van der Waals surface area contributed by atoms with E-state index in [1.165, 1.54) is 19.3 Å². The van der Waals surface area contributed by atoms with Crippen LogP contribution in [0.2, 0.25) is 0 Å². The molecule has 0 spiro atoms. The van der Waals surface area contributed by atoms with E-state index in [0.717, 1.165) is 48.3 Å². The number of benzene rings is 2. The Morgan fingerprint density at radius 1 is 1.11 bits per heavy atom. The molecule has 0 bridgehead atoms. The van der Waals surface area contributed by atoms with Crippen molar-refractivity contribution in [1.29, 1.82) is 0 Å². The van der Waals surface area contributed by atoms with E-state index >= 15 is 0 Å². The first kappa shape index (κ1) is 20.6. The zero-order valence-corrected chi connectivity index (χ0v) is 17.7. The Morgan fingerprint density at radius 2 is 1.93 bits per heavy atom. The SMILES string of the molecule is COc1ccc(C(=CC=O)c2cc(Br)ccc2N2CCCN(C)CC2)c(F)c1. The van der Waals surface area contributed by atoms with Crippen LogP contribution >= 0.6 is 15.9 Å². The molecule has 0 aliphatic carbocycles. The van der Waals surface area contributed by atoms with Crippen molar-refractivity contribution in [3.05, 3.63) is 63.9 Å². The van der Waals surface area contributed by atoms with Gasteiger partial charge in [0.2, 0.25) is 0 Å². The summed E-state index contributed by atoms with van der Waals surface area (Å²) in [5.74, 6) is 0.0192. The summed E-state index contributed by atoms with van der Waals surface area (Å²) in [6.07, 6.45) is 3.19. The number of rotatable bonds is 5. The highest BCUT2D eigenvalue weighted by Crippen LogP contribution is 2.36. The highest BCUT2D eigenvalue weighted by Gasteiger charge is 2.20. The summed E-state index contributed by atoms with van der Waals surface area (Å²) in [4.78, 5) is 16.0. The maximum Gasteiger partial charge on any atom is 0.143 e. The van der Waals surface area contributed by atoms with Gasteiger partial charge in [-0.3, -0.25) is 4.79 Å². The number of ether oxygens (including phenoxy) is 1. The van der Waals surface area contributed by atoms with Crippen LogP contribution in [0.25, 0.3) is 5.57 Å². The average molecular weight is 447 g/mol. The first-order valence-electron chi connectivity index (χ1n) is 9.26. The number of carbonyl (C=O) groups excluding carboxylic acids is 1. The molecule has 1 saturated heterocycles. The Hall–Kier alpha value is -2.18. The van der Waals surface area contributed by atoms with Crippen molar-refractivity contribution < 1.29 is 13.9 Å². The Bertz CT molecular complexity index is 885. The maximum atomic E-state index is 14.8. The summed E-state index contributed by atoms with van der Waals surface area (Å²) in [5.41, 5.74) is 2.76. The second kappa shape index (κ2) is 9.34. The lowest BCUT2D eigenvalue weighted by molar-refractivity contribution is -0.104. The van der Waals surface area contributed by atoms with Crippen LogP contribution in [-0.2, 0) is 4.79 Å². The van der Waals surface area contributed by atoms with E-state index in [1.807, 2.05) is 18.2 Å². The van der Waals surface area contributed by atoms with E-state index in [0.29, 0.717) is 23.2 Å². The van der Waals surface area contributed by atoms with Crippen LogP contribution in [0.5, 0.6) is 5.75 Å². The molecular formula is C22H24BrFN2O2. The number of likely N-dealkylation sites (N-methyl/N-ethyl adjacent to an activating group) is 1. The van der Waals surface area contributed by atoms with Crippen molar-refractivity contribution in [2.45, 2.75) is 6.42 Å². The molecule has 0 aromatic heterocycles. The normalized spacial score (nSPS) is 16.0. The predicted molar refractivity (Wildman–Crippen MR) is 115 cm³/mol. The molecule has 0 radical (unpaired) electrons. The number of halogens is 2. The second-order valence-electron chi connectivity index (χ2n) is 6.87. The molecule has 3 rings (SSSR count). The fourth-order valence-electron chi connectivity index (χ4n) is 3.52. The summed E-state index contributed by atoms with van der Waals surface area (Å²) >= 11 is 3.52. The van der Waals surface area contributed by atoms with Gasteiger partial charge in [0.05, 0.1) is 7.11 Å². The van der Waals surface area contributed by atoms with E-state index in [-0.39, 0.29) is 0 Å². The molecule has 1 aliphatic rings. The van der Waals surface area contributed by atoms with Crippen LogP contribution in [0.15, 0.2) is 46.9 Å². The third-order valence-corrected chi connectivity index (χ3v) is 5.50. The lowest BCUT2D eigenvalue weighted by Crippen LogP contribution is -2.29. The molecule has 2 aromatic rings. The molecule has 1 fully saturated rings. The van der Waals surface area contributed by atoms with Crippen LogP contribution < -0.4 is 9.64 Å². The zero-order chi connectivity index (χ0) is 20.1. The average Bonchev–Trinajstić information content (AvgIpc) is 2.91. The lowest BCUT2D eigenvalue weighted by atomic mass is 9.95. The van der Waals surface area contributed by atoms with Gasteiger partial charge >= 0.3 is 0 Å². The maximum absolute atomic E-state index is 14.8. The van der Waals surface area contributed by atoms with E-state index in [2.05, 4.69) is 32.8 Å². The minimum atomic E-state index is -0.422. The van der Waals surface area contributed by atoms with E-state index < -0.39 is 5.82 Å². The molecule has 1 heterocycles. The van der Waals surface area contributed by atoms with Gasteiger partial charge in [-0.1, -0.05) is 15.9 Å². The summed E-state index contributed by atoms with van der Waals surface area (Å²) in [7, 11) is 3.62. The summed E-state index contributed by atoms with van der Waals surface area (Å²) < 4.78 is 20.8. The van der Waals surface area contributed by atoms with Gasteiger partial charge in [-0.05, 0) is 62.0 Å². The van der Waals surface area contributed by atoms with E-state index in [1.54, 1.807) is 12.1 Å². The van der Waals surface area contributed by atoms with Gasteiger partial charge in [-0.15, -0.1) is 0 Å². The Morgan fingerprint density at radius 3 is 2.64 bits per heavy atom. The van der Waals surface area contributed by atoms with Crippen LogP contribution in [0, 0.1) is 5.82 Å². The summed E-state index contributed by atoms with van der Waals surface area (Å²) in [6.45, 7) is 3.80. The van der Waals surface area contributed by atoms with Crippen LogP contribution in [0.4, 0.5) is 10.1 Å². The van der Waals surface area contributed by atoms with Crippen molar-refractivity contribution in [3.63, 3.8) is 0 Å². The Labute approximate surface area is 173 Å². The largest absolute Gasteiger partial charge is 0.497 e. The number of carbonyl (C=O) groups is 1. The molecule has 6 heteroatoms. The quantitative estimate of drug-likeness (QED) is 0.504. The van der Waals surface area contributed by atoms with Crippen molar-refractivity contribution in [2.24, 2.45) is 0 Å². The first-order valence-corrected chi connectivity index (χ1v) is 10.1. The zero-order valence-electron chi connectivity index (χ0n) is 16.1. The molecule has 148 valence electrons. The van der Waals surface area contributed by atoms with Crippen molar-refractivity contribution in [3.8, 4) is 5.75 Å². The Kier molecular flexibility index (Phi) is 6.86. The number of nitrogens with zero attached hydrogens (tertiary/aromatic N) is 2. The number of allylic oxidation sites excluding steroid dienone is 1. The topological polar surface area (TPSA) is 32.8 Å². The molecule has 0 amide bonds. The molecule has 0 unspecified atom stereocenters. The third-order valence-electron chi connectivity index (χ3n) is 5.01. The molecule has 4 nitrogen and oxygen atoms in total. The summed E-state index contributed by atoms with van der Waals surface area (Å²) in [6, 6.07) is 10.7. The lowest BCUT2D eigenvalue weighted by Gasteiger charge is -2.27. The minimum Gasteiger partial charge on any atom is -0.497 e. The fourth-order valence-corrected chi connectivity index (χ4v) is 3.88. The molecule has 1 aliphatic heterocycles. The van der Waals surface area contributed by atoms with Gasteiger partial charge in [0.15, 0.2) is 0 Å². The van der Waals surface area contributed by atoms with Gasteiger partial charge in [-0.2, -0.15) is 0 Å². The molecule has 0 N–H and O–H groups in total. The van der Waals surface area contributed by atoms with Crippen molar-refractivity contribution in [2.75, 3.05) is 45.2 Å². The molecule has 2 aromatic carbocycles. The van der Waals surface area contributed by atoms with Crippen molar-refractivity contribution >= 4 is 33.5 Å². The molecule has 0 saturated carbocycles. The van der Waals surface area contributed by atoms with Gasteiger partial charge < -0.3 is 14.5 Å². The first-order chi connectivity index (χ1) is 13.5. The van der Waals surface area contributed by atoms with Crippen LogP contribution in [0.1, 0.15) is 17.5 Å². The smallest absolute Gasteiger partial charge is 0.143 e. The Balaban J connectivity index is 2.10. The molecule has 28 heavy (non-hydrogen) atoms. The fraction of sp³-hybridized carbons (Fsp3) is 0.318. The number of anilines is 1. The van der Waals surface area contributed by atoms with Gasteiger partial charge in [-0.25, -0.2) is 4.39 Å². The van der Waals surface area contributed by atoms with Gasteiger partial charge in [0.1, 0.15) is 17.9 Å². The number of hydrogen-bond acceptors (Lipinski definition) is 4. The van der Waals surface area contributed by atoms with E-state index in [4.69, 9.17) is 4.74 Å². The monoisotopic (exact) mass is 446 g/mol. The number of aldehydes is 1. The number of methoxy groups -OCH3 is 1. The van der Waals surface area contributed by atoms with Crippen molar-refractivity contribution in [1.82, 2.24) is 4.90 Å². The predicted octanol–water partition coefficient (Wildman–Crippen LogP) is 4.37. The number of hydrogen-bond donors (Lipinski definition) is 0. The second-order valence-corrected chi connectivity index (χ2v) is 7.78. The van der Waals surface area contributed by atoms with Crippen LogP contribution in [-0.4, -0.2) is 51.5 Å². The van der Waals surface area contributed by atoms with Gasteiger partial charge in [0, 0.05) is 47.0 Å². The standard InChI is InChI=1S/C22H24BrFN2O2/c1-25-9-3-10-26(12-11-25)22-7-4-16(23)14-20(22)18(8-13-27)19-6-5-17(28-2)15-21(19)24/h4-8,13-15H,3,9-12H2,1-2H3. The molecular weight excluding hydrogens is 423 g/mol. The highest BCUT2D eigenvalue weighted by molar-refractivity contribution is 9.10. The van der Waals surface area contributed by atoms with Crippen LogP contribution in [0.3, 0.4) is 0 Å². The van der Waals surface area contributed by atoms with Gasteiger partial charge in [0.25, 0.3) is 0 Å². The minimum absolute atomic E-state index is 0.374. The summed E-state index contributed by atoms with van der Waals surface area (Å²) in [5, 5.41) is 0.